The smallest absolute Gasteiger partial charge is 0.274 e. The van der Waals surface area contributed by atoms with Crippen LogP contribution in [-0.4, -0.2) is 34.8 Å². The molecule has 0 atom stereocenters. The molecular weight excluding hydrogens is 415 g/mol. The second-order valence-corrected chi connectivity index (χ2v) is 7.05. The number of hydrogen-bond acceptors (Lipinski definition) is 6. The Morgan fingerprint density at radius 3 is 2.66 bits per heavy atom. The fourth-order valence-corrected chi connectivity index (χ4v) is 3.26. The van der Waals surface area contributed by atoms with E-state index in [0.29, 0.717) is 22.7 Å². The molecule has 0 spiro atoms. The van der Waals surface area contributed by atoms with Crippen LogP contribution in [0.25, 0.3) is 23.0 Å². The van der Waals surface area contributed by atoms with Crippen molar-refractivity contribution in [2.75, 3.05) is 19.5 Å². The van der Waals surface area contributed by atoms with Gasteiger partial charge >= 0.3 is 0 Å². The van der Waals surface area contributed by atoms with Gasteiger partial charge in [0.15, 0.2) is 11.6 Å². The van der Waals surface area contributed by atoms with Gasteiger partial charge in [-0.1, -0.05) is 11.2 Å². The van der Waals surface area contributed by atoms with Crippen LogP contribution in [0.4, 0.5) is 10.1 Å². The molecule has 4 rings (SSSR count). The highest BCUT2D eigenvalue weighted by Gasteiger charge is 2.17. The molecule has 0 saturated heterocycles. The zero-order valence-corrected chi connectivity index (χ0v) is 17.8. The van der Waals surface area contributed by atoms with Gasteiger partial charge in [-0.2, -0.15) is 4.98 Å². The average Bonchev–Trinajstić information content (AvgIpc) is 3.43. The highest BCUT2D eigenvalue weighted by molar-refractivity contribution is 5.92. The van der Waals surface area contributed by atoms with Gasteiger partial charge in [-0.15, -0.1) is 0 Å². The number of ether oxygens (including phenoxy) is 2. The van der Waals surface area contributed by atoms with Gasteiger partial charge in [0.05, 0.1) is 19.9 Å². The van der Waals surface area contributed by atoms with Gasteiger partial charge in [0, 0.05) is 11.8 Å². The molecule has 0 unspecified atom stereocenters. The molecule has 0 fully saturated rings. The maximum Gasteiger partial charge on any atom is 0.274 e. The Morgan fingerprint density at radius 1 is 1.12 bits per heavy atom. The summed E-state index contributed by atoms with van der Waals surface area (Å²) in [5, 5.41) is 6.80. The van der Waals surface area contributed by atoms with E-state index in [1.165, 1.54) is 19.2 Å². The van der Waals surface area contributed by atoms with Crippen molar-refractivity contribution in [3.8, 4) is 34.5 Å². The molecular formula is C23H21FN4O4. The number of amides is 1. The predicted octanol–water partition coefficient (Wildman–Crippen LogP) is 4.31. The molecule has 1 N–H and O–H groups in total. The minimum absolute atomic E-state index is 0.0221. The second kappa shape index (κ2) is 8.93. The summed E-state index contributed by atoms with van der Waals surface area (Å²) in [6.07, 6.45) is 1.74. The van der Waals surface area contributed by atoms with Crippen LogP contribution in [-0.2, 0) is 11.3 Å². The second-order valence-electron chi connectivity index (χ2n) is 7.05. The maximum atomic E-state index is 14.0. The summed E-state index contributed by atoms with van der Waals surface area (Å²) in [4.78, 5) is 17.0. The summed E-state index contributed by atoms with van der Waals surface area (Å²) in [6, 6.07) is 13.5. The van der Waals surface area contributed by atoms with Crippen molar-refractivity contribution in [3.05, 3.63) is 66.1 Å². The number of carbonyl (C=O) groups excluding carboxylic acids is 1. The molecule has 2 heterocycles. The molecule has 0 aliphatic heterocycles. The molecule has 0 aliphatic carbocycles. The van der Waals surface area contributed by atoms with E-state index in [9.17, 15) is 9.18 Å². The Balaban J connectivity index is 1.53. The summed E-state index contributed by atoms with van der Waals surface area (Å²) in [7, 11) is 2.94. The lowest BCUT2D eigenvalue weighted by molar-refractivity contribution is -0.116. The first-order valence-electron chi connectivity index (χ1n) is 9.76. The number of nitrogens with one attached hydrogen (secondary N) is 1. The van der Waals surface area contributed by atoms with Gasteiger partial charge < -0.3 is 23.9 Å². The van der Waals surface area contributed by atoms with E-state index in [4.69, 9.17) is 14.0 Å². The van der Waals surface area contributed by atoms with Gasteiger partial charge in [0.25, 0.3) is 5.89 Å². The van der Waals surface area contributed by atoms with Crippen molar-refractivity contribution in [2.45, 2.75) is 13.5 Å². The summed E-state index contributed by atoms with van der Waals surface area (Å²) in [5.74, 6) is 0.365. The normalized spacial score (nSPS) is 10.8. The minimum atomic E-state index is -0.525. The number of rotatable bonds is 7. The van der Waals surface area contributed by atoms with Gasteiger partial charge in [0.1, 0.15) is 18.0 Å². The zero-order chi connectivity index (χ0) is 22.7. The summed E-state index contributed by atoms with van der Waals surface area (Å²) in [5.41, 5.74) is 2.59. The lowest BCUT2D eigenvalue weighted by atomic mass is 10.2. The Bertz CT molecular complexity index is 1260. The molecule has 0 saturated carbocycles. The summed E-state index contributed by atoms with van der Waals surface area (Å²) in [6.45, 7) is 1.95. The van der Waals surface area contributed by atoms with Crippen LogP contribution in [0.1, 0.15) is 5.56 Å². The predicted molar refractivity (Wildman–Crippen MR) is 116 cm³/mol. The third kappa shape index (κ3) is 4.31. The Kier molecular flexibility index (Phi) is 5.89. The van der Waals surface area contributed by atoms with Crippen LogP contribution in [0, 0.1) is 12.7 Å². The monoisotopic (exact) mass is 436 g/mol. The molecule has 0 aliphatic rings. The number of halogens is 1. The van der Waals surface area contributed by atoms with Crippen molar-refractivity contribution in [2.24, 2.45) is 0 Å². The molecule has 9 heteroatoms. The standard InChI is InChI=1S/C23H21FN4O4/c1-14-6-8-20(31-3)17(11-14)25-21(29)13-28-10-4-5-18(28)23-26-22(27-32-23)15-7-9-19(30-2)16(24)12-15/h4-12H,13H2,1-3H3,(H,25,29). The van der Waals surface area contributed by atoms with Gasteiger partial charge in [0.2, 0.25) is 11.7 Å². The molecule has 164 valence electrons. The first kappa shape index (κ1) is 21.1. The maximum absolute atomic E-state index is 14.0. The molecule has 4 aromatic rings. The van der Waals surface area contributed by atoms with E-state index < -0.39 is 5.82 Å². The first-order valence-corrected chi connectivity index (χ1v) is 9.76. The third-order valence-corrected chi connectivity index (χ3v) is 4.83. The molecule has 2 aromatic carbocycles. The Morgan fingerprint density at radius 2 is 1.91 bits per heavy atom. The first-order chi connectivity index (χ1) is 15.5. The fraction of sp³-hybridized carbons (Fsp3) is 0.174. The van der Waals surface area contributed by atoms with Crippen LogP contribution in [0.2, 0.25) is 0 Å². The van der Waals surface area contributed by atoms with Crippen LogP contribution < -0.4 is 14.8 Å². The molecule has 0 radical (unpaired) electrons. The zero-order valence-electron chi connectivity index (χ0n) is 17.8. The fourth-order valence-electron chi connectivity index (χ4n) is 3.26. The number of aromatic nitrogens is 3. The molecule has 0 bridgehead atoms. The van der Waals surface area contributed by atoms with Crippen LogP contribution in [0.15, 0.2) is 59.3 Å². The highest BCUT2D eigenvalue weighted by Crippen LogP contribution is 2.27. The van der Waals surface area contributed by atoms with E-state index in [0.717, 1.165) is 5.56 Å². The van der Waals surface area contributed by atoms with Crippen molar-refractivity contribution < 1.29 is 23.2 Å². The Hall–Kier alpha value is -4.14. The number of methoxy groups -OCH3 is 2. The number of aryl methyl sites for hydroxylation is 1. The molecule has 8 nitrogen and oxygen atoms in total. The Labute approximate surface area is 183 Å². The highest BCUT2D eigenvalue weighted by atomic mass is 19.1. The largest absolute Gasteiger partial charge is 0.495 e. The van der Waals surface area contributed by atoms with Crippen LogP contribution >= 0.6 is 0 Å². The lowest BCUT2D eigenvalue weighted by Gasteiger charge is -2.12. The quantitative estimate of drug-likeness (QED) is 0.464. The van der Waals surface area contributed by atoms with E-state index in [1.54, 1.807) is 42.1 Å². The topological polar surface area (TPSA) is 91.4 Å². The van der Waals surface area contributed by atoms with Gasteiger partial charge in [-0.05, 0) is 55.0 Å². The number of anilines is 1. The van der Waals surface area contributed by atoms with E-state index in [-0.39, 0.29) is 29.9 Å². The van der Waals surface area contributed by atoms with Gasteiger partial charge in [-0.25, -0.2) is 4.39 Å². The van der Waals surface area contributed by atoms with Crippen LogP contribution in [0.5, 0.6) is 11.5 Å². The van der Waals surface area contributed by atoms with Gasteiger partial charge in [-0.3, -0.25) is 4.79 Å². The number of hydrogen-bond donors (Lipinski definition) is 1. The van der Waals surface area contributed by atoms with Crippen LogP contribution in [0.3, 0.4) is 0 Å². The van der Waals surface area contributed by atoms with Crippen molar-refractivity contribution >= 4 is 11.6 Å². The number of nitrogens with zero attached hydrogens (tertiary/aromatic N) is 3. The minimum Gasteiger partial charge on any atom is -0.495 e. The number of benzene rings is 2. The van der Waals surface area contributed by atoms with Crippen molar-refractivity contribution in [1.29, 1.82) is 0 Å². The van der Waals surface area contributed by atoms with Crippen molar-refractivity contribution in [1.82, 2.24) is 14.7 Å². The molecule has 32 heavy (non-hydrogen) atoms. The van der Waals surface area contributed by atoms with E-state index in [2.05, 4.69) is 15.5 Å². The van der Waals surface area contributed by atoms with E-state index >= 15 is 0 Å². The van der Waals surface area contributed by atoms with Crippen molar-refractivity contribution in [3.63, 3.8) is 0 Å². The lowest BCUT2D eigenvalue weighted by Crippen LogP contribution is -2.19. The number of carbonyl (C=O) groups is 1. The summed E-state index contributed by atoms with van der Waals surface area (Å²) >= 11 is 0. The average molecular weight is 436 g/mol. The summed E-state index contributed by atoms with van der Waals surface area (Å²) < 4.78 is 31.3. The SMILES string of the molecule is COc1ccc(-c2noc(-c3cccn3CC(=O)Nc3cc(C)ccc3OC)n2)cc1F. The molecule has 2 aromatic heterocycles. The third-order valence-electron chi connectivity index (χ3n) is 4.83. The molecule has 1 amide bonds. The van der Waals surface area contributed by atoms with E-state index in [1.807, 2.05) is 19.1 Å².